The van der Waals surface area contributed by atoms with Gasteiger partial charge in [0.25, 0.3) is 0 Å². The monoisotopic (exact) mass is 264 g/mol. The number of hydrogen-bond donors (Lipinski definition) is 1. The molecule has 1 aromatic carbocycles. The fourth-order valence-corrected chi connectivity index (χ4v) is 1.71. The Kier molecular flexibility index (Phi) is 3.43. The molecule has 0 aliphatic carbocycles. The average molecular weight is 265 g/mol. The van der Waals surface area contributed by atoms with Crippen LogP contribution in [0.2, 0.25) is 5.02 Å². The highest BCUT2D eigenvalue weighted by Crippen LogP contribution is 2.29. The Balaban J connectivity index is 2.48. The number of nitrogens with zero attached hydrogens (tertiary/aromatic N) is 2. The minimum atomic E-state index is -1.18. The smallest absolute Gasteiger partial charge is 0.373 e. The van der Waals surface area contributed by atoms with Gasteiger partial charge in [0, 0.05) is 11.8 Å². The van der Waals surface area contributed by atoms with E-state index in [4.69, 9.17) is 21.4 Å². The molecular weight excluding hydrogens is 256 g/mol. The minimum absolute atomic E-state index is 0.264. The van der Waals surface area contributed by atoms with Crippen LogP contribution in [-0.2, 0) is 0 Å². The van der Waals surface area contributed by atoms with E-state index in [1.165, 1.54) is 6.20 Å². The van der Waals surface area contributed by atoms with Crippen LogP contribution in [0.5, 0.6) is 5.75 Å². The molecule has 0 fully saturated rings. The summed E-state index contributed by atoms with van der Waals surface area (Å²) in [4.78, 5) is 18.4. The second-order valence-electron chi connectivity index (χ2n) is 3.42. The SMILES string of the molecule is COc1ccc(-c2ccnc(C(=O)O)n2)c(Cl)c1. The second-order valence-corrected chi connectivity index (χ2v) is 3.82. The number of methoxy groups -OCH3 is 1. The quantitative estimate of drug-likeness (QED) is 0.922. The van der Waals surface area contributed by atoms with Gasteiger partial charge in [-0.3, -0.25) is 0 Å². The molecule has 18 heavy (non-hydrogen) atoms. The number of aromatic nitrogens is 2. The zero-order valence-electron chi connectivity index (χ0n) is 9.42. The molecule has 1 heterocycles. The van der Waals surface area contributed by atoms with Gasteiger partial charge in [0.2, 0.25) is 5.82 Å². The van der Waals surface area contributed by atoms with E-state index in [-0.39, 0.29) is 5.82 Å². The van der Waals surface area contributed by atoms with Gasteiger partial charge in [0.15, 0.2) is 0 Å². The Morgan fingerprint density at radius 1 is 1.39 bits per heavy atom. The molecule has 0 aliphatic rings. The number of aromatic carboxylic acids is 1. The molecule has 2 aromatic rings. The van der Waals surface area contributed by atoms with E-state index in [9.17, 15) is 4.79 Å². The number of carboxylic acid groups (broad SMARTS) is 1. The molecule has 0 atom stereocenters. The molecule has 5 nitrogen and oxygen atoms in total. The van der Waals surface area contributed by atoms with Crippen molar-refractivity contribution in [1.82, 2.24) is 9.97 Å². The zero-order valence-corrected chi connectivity index (χ0v) is 10.2. The first-order chi connectivity index (χ1) is 8.61. The van der Waals surface area contributed by atoms with Crippen LogP contribution in [0.1, 0.15) is 10.6 Å². The lowest BCUT2D eigenvalue weighted by Crippen LogP contribution is -2.04. The molecular formula is C12H9ClN2O3. The number of carboxylic acids is 1. The summed E-state index contributed by atoms with van der Waals surface area (Å²) in [7, 11) is 1.54. The first-order valence-electron chi connectivity index (χ1n) is 5.02. The molecule has 0 spiro atoms. The molecule has 1 N–H and O–H groups in total. The van der Waals surface area contributed by atoms with E-state index in [0.717, 1.165) is 0 Å². The highest BCUT2D eigenvalue weighted by molar-refractivity contribution is 6.33. The molecule has 1 aromatic heterocycles. The summed E-state index contributed by atoms with van der Waals surface area (Å²) in [5.41, 5.74) is 1.08. The van der Waals surface area contributed by atoms with Crippen LogP contribution in [0, 0.1) is 0 Å². The number of halogens is 1. The summed E-state index contributed by atoms with van der Waals surface area (Å²) in [6.07, 6.45) is 1.38. The van der Waals surface area contributed by atoms with E-state index in [1.807, 2.05) is 0 Å². The standard InChI is InChI=1S/C12H9ClN2O3/c1-18-7-2-3-8(9(13)6-7)10-4-5-14-11(15-10)12(16)17/h2-6H,1H3,(H,16,17). The van der Waals surface area contributed by atoms with Gasteiger partial charge < -0.3 is 9.84 Å². The van der Waals surface area contributed by atoms with Crippen molar-refractivity contribution in [2.45, 2.75) is 0 Å². The molecule has 0 bridgehead atoms. The molecule has 0 amide bonds. The van der Waals surface area contributed by atoms with Gasteiger partial charge in [-0.05, 0) is 24.3 Å². The third-order valence-electron chi connectivity index (χ3n) is 2.30. The molecule has 0 unspecified atom stereocenters. The summed E-state index contributed by atoms with van der Waals surface area (Å²) in [5.74, 6) is -0.822. The number of hydrogen-bond acceptors (Lipinski definition) is 4. The van der Waals surface area contributed by atoms with E-state index in [2.05, 4.69) is 9.97 Å². The molecule has 0 saturated heterocycles. The third-order valence-corrected chi connectivity index (χ3v) is 2.61. The number of ether oxygens (including phenoxy) is 1. The van der Waals surface area contributed by atoms with Crippen LogP contribution in [-0.4, -0.2) is 28.2 Å². The maximum absolute atomic E-state index is 10.8. The van der Waals surface area contributed by atoms with E-state index in [1.54, 1.807) is 31.4 Å². The summed E-state index contributed by atoms with van der Waals surface area (Å²) < 4.78 is 5.04. The lowest BCUT2D eigenvalue weighted by atomic mass is 10.1. The average Bonchev–Trinajstić information content (AvgIpc) is 2.38. The fourth-order valence-electron chi connectivity index (χ4n) is 1.44. The third kappa shape index (κ3) is 2.41. The van der Waals surface area contributed by atoms with E-state index >= 15 is 0 Å². The summed E-state index contributed by atoms with van der Waals surface area (Å²) in [6, 6.07) is 6.68. The highest BCUT2D eigenvalue weighted by atomic mass is 35.5. The Labute approximate surface area is 108 Å². The van der Waals surface area contributed by atoms with Gasteiger partial charge >= 0.3 is 5.97 Å². The Morgan fingerprint density at radius 3 is 2.78 bits per heavy atom. The van der Waals surface area contributed by atoms with Gasteiger partial charge in [-0.25, -0.2) is 14.8 Å². The maximum Gasteiger partial charge on any atom is 0.373 e. The van der Waals surface area contributed by atoms with Crippen LogP contribution >= 0.6 is 11.6 Å². The summed E-state index contributed by atoms with van der Waals surface area (Å²) in [6.45, 7) is 0. The summed E-state index contributed by atoms with van der Waals surface area (Å²) >= 11 is 6.09. The second kappa shape index (κ2) is 5.01. The predicted octanol–water partition coefficient (Wildman–Crippen LogP) is 2.50. The number of rotatable bonds is 3. The van der Waals surface area contributed by atoms with Crippen molar-refractivity contribution >= 4 is 17.6 Å². The van der Waals surface area contributed by atoms with Crippen molar-refractivity contribution in [3.05, 3.63) is 41.3 Å². The first kappa shape index (κ1) is 12.3. The van der Waals surface area contributed by atoms with Crippen molar-refractivity contribution in [1.29, 1.82) is 0 Å². The molecule has 92 valence electrons. The topological polar surface area (TPSA) is 72.3 Å². The molecule has 0 radical (unpaired) electrons. The van der Waals surface area contributed by atoms with Crippen LogP contribution in [0.4, 0.5) is 0 Å². The lowest BCUT2D eigenvalue weighted by Gasteiger charge is -2.06. The van der Waals surface area contributed by atoms with Crippen LogP contribution < -0.4 is 4.74 Å². The van der Waals surface area contributed by atoms with Gasteiger partial charge in [0.1, 0.15) is 5.75 Å². The minimum Gasteiger partial charge on any atom is -0.497 e. The number of carbonyl (C=O) groups is 1. The van der Waals surface area contributed by atoms with Gasteiger partial charge in [-0.1, -0.05) is 11.6 Å². The molecule has 2 rings (SSSR count). The maximum atomic E-state index is 10.8. The highest BCUT2D eigenvalue weighted by Gasteiger charge is 2.11. The predicted molar refractivity (Wildman–Crippen MR) is 66.0 cm³/mol. The number of benzene rings is 1. The lowest BCUT2D eigenvalue weighted by molar-refractivity contribution is 0.0683. The molecule has 0 aliphatic heterocycles. The fraction of sp³-hybridized carbons (Fsp3) is 0.0833. The van der Waals surface area contributed by atoms with Gasteiger partial charge in [-0.2, -0.15) is 0 Å². The molecule has 6 heteroatoms. The van der Waals surface area contributed by atoms with Crippen molar-refractivity contribution in [2.24, 2.45) is 0 Å². The Bertz CT molecular complexity index is 602. The van der Waals surface area contributed by atoms with Crippen molar-refractivity contribution in [3.8, 4) is 17.0 Å². The largest absolute Gasteiger partial charge is 0.497 e. The van der Waals surface area contributed by atoms with E-state index < -0.39 is 5.97 Å². The van der Waals surface area contributed by atoms with Gasteiger partial charge in [-0.15, -0.1) is 0 Å². The first-order valence-corrected chi connectivity index (χ1v) is 5.40. The van der Waals surface area contributed by atoms with Crippen LogP contribution in [0.15, 0.2) is 30.5 Å². The van der Waals surface area contributed by atoms with E-state index in [0.29, 0.717) is 22.0 Å². The van der Waals surface area contributed by atoms with Crippen LogP contribution in [0.3, 0.4) is 0 Å². The normalized spacial score (nSPS) is 10.1. The van der Waals surface area contributed by atoms with Crippen molar-refractivity contribution in [3.63, 3.8) is 0 Å². The van der Waals surface area contributed by atoms with Crippen molar-refractivity contribution in [2.75, 3.05) is 7.11 Å². The van der Waals surface area contributed by atoms with Gasteiger partial charge in [0.05, 0.1) is 17.8 Å². The zero-order chi connectivity index (χ0) is 13.1. The Morgan fingerprint density at radius 2 is 2.17 bits per heavy atom. The van der Waals surface area contributed by atoms with Crippen LogP contribution in [0.25, 0.3) is 11.3 Å². The summed E-state index contributed by atoms with van der Waals surface area (Å²) in [5, 5.41) is 9.26. The molecule has 0 saturated carbocycles. The Hall–Kier alpha value is -2.14. The van der Waals surface area contributed by atoms with Crippen molar-refractivity contribution < 1.29 is 14.6 Å².